The van der Waals surface area contributed by atoms with Crippen LogP contribution in [0.1, 0.15) is 30.7 Å². The van der Waals surface area contributed by atoms with Crippen molar-refractivity contribution in [3.05, 3.63) is 16.8 Å². The number of nitrogens with zero attached hydrogens (tertiary/aromatic N) is 4. The summed E-state index contributed by atoms with van der Waals surface area (Å²) < 4.78 is 0. The van der Waals surface area contributed by atoms with E-state index in [-0.39, 0.29) is 12.4 Å². The van der Waals surface area contributed by atoms with Gasteiger partial charge in [0.2, 0.25) is 0 Å². The molecule has 1 aromatic rings. The molecule has 0 radical (unpaired) electrons. The highest BCUT2D eigenvalue weighted by atomic mass is 16.4. The number of hydrogen-bond acceptors (Lipinski definition) is 6. The topological polar surface area (TPSA) is 108 Å². The van der Waals surface area contributed by atoms with Gasteiger partial charge in [-0.1, -0.05) is 5.16 Å². The van der Waals surface area contributed by atoms with Crippen molar-refractivity contribution in [3.8, 4) is 0 Å². The predicted molar refractivity (Wildman–Crippen MR) is 73.6 cm³/mol. The van der Waals surface area contributed by atoms with Gasteiger partial charge in [0.15, 0.2) is 11.7 Å². The molecule has 0 unspecified atom stereocenters. The average molecular weight is 267 g/mol. The van der Waals surface area contributed by atoms with Gasteiger partial charge in [-0.05, 0) is 33.3 Å². The van der Waals surface area contributed by atoms with Gasteiger partial charge in [0.1, 0.15) is 0 Å². The van der Waals surface area contributed by atoms with E-state index in [9.17, 15) is 5.11 Å². The summed E-state index contributed by atoms with van der Waals surface area (Å²) in [7, 11) is 1.78. The van der Waals surface area contributed by atoms with Crippen LogP contribution in [0.2, 0.25) is 0 Å². The minimum Gasteiger partial charge on any atom is -0.409 e. The van der Waals surface area contributed by atoms with Crippen molar-refractivity contribution in [2.45, 2.75) is 33.2 Å². The average Bonchev–Trinajstić information content (AvgIpc) is 2.39. The molecule has 1 aromatic heterocycles. The quantitative estimate of drug-likeness (QED) is 0.315. The van der Waals surface area contributed by atoms with E-state index in [1.54, 1.807) is 18.9 Å². The molecule has 106 valence electrons. The lowest BCUT2D eigenvalue weighted by Crippen LogP contribution is -2.46. The van der Waals surface area contributed by atoms with Crippen molar-refractivity contribution in [3.63, 3.8) is 0 Å². The van der Waals surface area contributed by atoms with Crippen molar-refractivity contribution in [2.75, 3.05) is 18.6 Å². The number of hydrogen-bond donors (Lipinski definition) is 3. The summed E-state index contributed by atoms with van der Waals surface area (Å²) in [5.41, 5.74) is 7.22. The van der Waals surface area contributed by atoms with Crippen LogP contribution in [0.4, 0.5) is 5.82 Å². The highest BCUT2D eigenvalue weighted by molar-refractivity contribution is 6.02. The largest absolute Gasteiger partial charge is 0.409 e. The van der Waals surface area contributed by atoms with E-state index in [0.29, 0.717) is 17.1 Å². The Hall–Kier alpha value is -1.89. The van der Waals surface area contributed by atoms with Crippen molar-refractivity contribution in [2.24, 2.45) is 10.9 Å². The standard InChI is InChI=1S/C12H21N5O2/c1-7-8(2)14-15-11(9(7)10(13)16-19)17(5)12(3,4)6-18/h18-19H,6H2,1-5H3,(H2,13,16). The second-order valence-electron chi connectivity index (χ2n) is 5.12. The molecule has 0 fully saturated rings. The molecule has 0 bridgehead atoms. The maximum atomic E-state index is 9.44. The van der Waals surface area contributed by atoms with Crippen LogP contribution in [0, 0.1) is 13.8 Å². The number of aryl methyl sites for hydroxylation is 1. The third kappa shape index (κ3) is 2.76. The van der Waals surface area contributed by atoms with Crippen molar-refractivity contribution in [1.29, 1.82) is 0 Å². The monoisotopic (exact) mass is 267 g/mol. The van der Waals surface area contributed by atoms with Gasteiger partial charge in [-0.25, -0.2) is 0 Å². The number of rotatable bonds is 4. The molecule has 0 aromatic carbocycles. The molecular formula is C12H21N5O2. The maximum absolute atomic E-state index is 9.44. The van der Waals surface area contributed by atoms with Gasteiger partial charge in [-0.3, -0.25) is 0 Å². The van der Waals surface area contributed by atoms with E-state index in [2.05, 4.69) is 15.4 Å². The molecule has 0 aliphatic heterocycles. The summed E-state index contributed by atoms with van der Waals surface area (Å²) >= 11 is 0. The Kier molecular flexibility index (Phi) is 4.31. The van der Waals surface area contributed by atoms with Gasteiger partial charge in [-0.2, -0.15) is 5.10 Å². The molecule has 0 atom stereocenters. The Morgan fingerprint density at radius 2 is 1.95 bits per heavy atom. The maximum Gasteiger partial charge on any atom is 0.174 e. The Morgan fingerprint density at radius 3 is 2.42 bits per heavy atom. The number of aliphatic hydroxyl groups excluding tert-OH is 1. The van der Waals surface area contributed by atoms with Gasteiger partial charge in [0.05, 0.1) is 23.4 Å². The Balaban J connectivity index is 3.49. The summed E-state index contributed by atoms with van der Waals surface area (Å²) in [4.78, 5) is 1.76. The Morgan fingerprint density at radius 1 is 1.37 bits per heavy atom. The molecule has 0 saturated carbocycles. The highest BCUT2D eigenvalue weighted by Crippen LogP contribution is 2.26. The molecule has 0 saturated heterocycles. The molecule has 0 aliphatic carbocycles. The first-order valence-corrected chi connectivity index (χ1v) is 5.92. The zero-order chi connectivity index (χ0) is 14.8. The summed E-state index contributed by atoms with van der Waals surface area (Å²) in [6, 6.07) is 0. The summed E-state index contributed by atoms with van der Waals surface area (Å²) in [5, 5.41) is 29.6. The molecule has 1 rings (SSSR count). The molecule has 19 heavy (non-hydrogen) atoms. The van der Waals surface area contributed by atoms with Crippen molar-refractivity contribution < 1.29 is 10.3 Å². The number of nitrogens with two attached hydrogens (primary N) is 1. The van der Waals surface area contributed by atoms with Crippen LogP contribution in [0.3, 0.4) is 0 Å². The van der Waals surface area contributed by atoms with Gasteiger partial charge < -0.3 is 20.9 Å². The third-order valence-electron chi connectivity index (χ3n) is 3.41. The first-order valence-electron chi connectivity index (χ1n) is 5.92. The van der Waals surface area contributed by atoms with Gasteiger partial charge in [-0.15, -0.1) is 5.10 Å². The first kappa shape index (κ1) is 15.2. The van der Waals surface area contributed by atoms with Gasteiger partial charge >= 0.3 is 0 Å². The van der Waals surface area contributed by atoms with Crippen LogP contribution < -0.4 is 10.6 Å². The predicted octanol–water partition coefficient (Wildman–Crippen LogP) is 0.395. The van der Waals surface area contributed by atoms with Crippen LogP contribution in [-0.4, -0.2) is 45.5 Å². The minimum absolute atomic E-state index is 0.0221. The lowest BCUT2D eigenvalue weighted by molar-refractivity contribution is 0.215. The van der Waals surface area contributed by atoms with Crippen LogP contribution in [0.25, 0.3) is 0 Å². The number of oxime groups is 1. The molecule has 7 nitrogen and oxygen atoms in total. The van der Waals surface area contributed by atoms with E-state index in [4.69, 9.17) is 10.9 Å². The molecular weight excluding hydrogens is 246 g/mol. The first-order chi connectivity index (χ1) is 8.76. The van der Waals surface area contributed by atoms with Crippen LogP contribution in [0.15, 0.2) is 5.16 Å². The van der Waals surface area contributed by atoms with Crippen molar-refractivity contribution in [1.82, 2.24) is 10.2 Å². The van der Waals surface area contributed by atoms with Gasteiger partial charge in [0, 0.05) is 7.05 Å². The molecule has 1 heterocycles. The molecule has 0 aliphatic rings. The van der Waals surface area contributed by atoms with Crippen molar-refractivity contribution >= 4 is 11.7 Å². The highest BCUT2D eigenvalue weighted by Gasteiger charge is 2.28. The molecule has 7 heteroatoms. The molecule has 0 amide bonds. The Labute approximate surface area is 112 Å². The zero-order valence-corrected chi connectivity index (χ0v) is 12.0. The zero-order valence-electron chi connectivity index (χ0n) is 12.0. The van der Waals surface area contributed by atoms with E-state index in [1.165, 1.54) is 0 Å². The van der Waals surface area contributed by atoms with E-state index in [1.807, 2.05) is 20.8 Å². The lowest BCUT2D eigenvalue weighted by Gasteiger charge is -2.35. The van der Waals surface area contributed by atoms with Crippen LogP contribution >= 0.6 is 0 Å². The van der Waals surface area contributed by atoms with Crippen LogP contribution in [-0.2, 0) is 0 Å². The fraction of sp³-hybridized carbons (Fsp3) is 0.583. The lowest BCUT2D eigenvalue weighted by atomic mass is 10.0. The SMILES string of the molecule is Cc1nnc(N(C)C(C)(C)CO)c(C(N)=NO)c1C. The van der Waals surface area contributed by atoms with E-state index < -0.39 is 5.54 Å². The fourth-order valence-electron chi connectivity index (χ4n) is 1.58. The minimum atomic E-state index is -0.541. The van der Waals surface area contributed by atoms with Gasteiger partial charge in [0.25, 0.3) is 0 Å². The fourth-order valence-corrected chi connectivity index (χ4v) is 1.58. The number of amidine groups is 1. The van der Waals surface area contributed by atoms with E-state index in [0.717, 1.165) is 5.56 Å². The number of anilines is 1. The molecule has 0 spiro atoms. The summed E-state index contributed by atoms with van der Waals surface area (Å²) in [5.74, 6) is 0.448. The third-order valence-corrected chi connectivity index (χ3v) is 3.41. The normalized spacial score (nSPS) is 12.6. The van der Waals surface area contributed by atoms with E-state index >= 15 is 0 Å². The van der Waals surface area contributed by atoms with Crippen LogP contribution in [0.5, 0.6) is 0 Å². The Bertz CT molecular complexity index is 499. The summed E-state index contributed by atoms with van der Waals surface area (Å²) in [6.45, 7) is 7.30. The smallest absolute Gasteiger partial charge is 0.174 e. The number of aliphatic hydroxyl groups is 1. The number of aromatic nitrogens is 2. The number of likely N-dealkylation sites (N-methyl/N-ethyl adjacent to an activating group) is 1. The summed E-state index contributed by atoms with van der Waals surface area (Å²) in [6.07, 6.45) is 0. The second kappa shape index (κ2) is 5.40. The second-order valence-corrected chi connectivity index (χ2v) is 5.12. The molecule has 4 N–H and O–H groups in total.